The van der Waals surface area contributed by atoms with Crippen LogP contribution in [0.2, 0.25) is 5.02 Å². The molecule has 166 valence electrons. The summed E-state index contributed by atoms with van der Waals surface area (Å²) in [4.78, 5) is 16.8. The molecular weight excluding hydrogens is 412 g/mol. The lowest BCUT2D eigenvalue weighted by Gasteiger charge is -2.34. The second-order valence-electron chi connectivity index (χ2n) is 9.31. The number of hydrogen-bond acceptors (Lipinski definition) is 4. The number of benzene rings is 2. The van der Waals surface area contributed by atoms with Gasteiger partial charge in [0.05, 0.1) is 12.2 Å². The summed E-state index contributed by atoms with van der Waals surface area (Å²) < 4.78 is 11.7. The lowest BCUT2D eigenvalue weighted by molar-refractivity contribution is 0.0258. The Balaban J connectivity index is 1.60. The van der Waals surface area contributed by atoms with E-state index in [0.717, 1.165) is 48.0 Å². The molecule has 5 nitrogen and oxygen atoms in total. The van der Waals surface area contributed by atoms with Crippen LogP contribution in [0.3, 0.4) is 0 Å². The van der Waals surface area contributed by atoms with Crippen molar-refractivity contribution in [2.45, 2.75) is 52.7 Å². The summed E-state index contributed by atoms with van der Waals surface area (Å²) in [5.74, 6) is 0.931. The zero-order valence-electron chi connectivity index (χ0n) is 18.8. The molecule has 2 aromatic carbocycles. The van der Waals surface area contributed by atoms with Crippen molar-refractivity contribution < 1.29 is 14.3 Å². The third-order valence-electron chi connectivity index (χ3n) is 5.92. The fourth-order valence-corrected chi connectivity index (χ4v) is 4.64. The molecule has 2 aliphatic heterocycles. The number of halogens is 1. The van der Waals surface area contributed by atoms with E-state index in [4.69, 9.17) is 21.1 Å². The summed E-state index contributed by atoms with van der Waals surface area (Å²) in [5.41, 5.74) is 5.60. The molecule has 0 saturated heterocycles. The molecule has 0 fully saturated rings. The van der Waals surface area contributed by atoms with Crippen LogP contribution in [0.4, 0.5) is 10.5 Å². The van der Waals surface area contributed by atoms with Crippen molar-refractivity contribution >= 4 is 23.4 Å². The maximum atomic E-state index is 12.6. The van der Waals surface area contributed by atoms with Crippen LogP contribution in [0.15, 0.2) is 30.3 Å². The van der Waals surface area contributed by atoms with E-state index >= 15 is 0 Å². The third-order valence-corrected chi connectivity index (χ3v) is 6.29. The molecule has 0 saturated carbocycles. The van der Waals surface area contributed by atoms with Gasteiger partial charge in [-0.05, 0) is 74.9 Å². The molecular formula is C25H31ClN2O3. The highest BCUT2D eigenvalue weighted by molar-refractivity contribution is 6.31. The first-order valence-corrected chi connectivity index (χ1v) is 11.3. The van der Waals surface area contributed by atoms with Gasteiger partial charge in [0, 0.05) is 24.7 Å². The smallest absolute Gasteiger partial charge is 0.410 e. The van der Waals surface area contributed by atoms with Crippen molar-refractivity contribution in [3.63, 3.8) is 0 Å². The molecule has 0 radical (unpaired) electrons. The Morgan fingerprint density at radius 2 is 1.90 bits per heavy atom. The number of rotatable bonds is 2. The van der Waals surface area contributed by atoms with Gasteiger partial charge < -0.3 is 19.3 Å². The fourth-order valence-electron chi connectivity index (χ4n) is 4.45. The van der Waals surface area contributed by atoms with Gasteiger partial charge in [-0.3, -0.25) is 0 Å². The van der Waals surface area contributed by atoms with Crippen molar-refractivity contribution in [2.24, 2.45) is 0 Å². The van der Waals surface area contributed by atoms with Gasteiger partial charge in [0.15, 0.2) is 0 Å². The van der Waals surface area contributed by atoms with Crippen molar-refractivity contribution in [3.05, 3.63) is 57.6 Å². The number of ether oxygens (including phenoxy) is 2. The Labute approximate surface area is 189 Å². The molecule has 0 unspecified atom stereocenters. The Hall–Kier alpha value is -2.40. The van der Waals surface area contributed by atoms with Crippen LogP contribution in [0.25, 0.3) is 0 Å². The van der Waals surface area contributed by atoms with Crippen molar-refractivity contribution in [2.75, 3.05) is 31.1 Å². The number of hydrogen-bond donors (Lipinski definition) is 0. The normalized spacial score (nSPS) is 16.2. The zero-order valence-corrected chi connectivity index (χ0v) is 19.6. The Morgan fingerprint density at radius 1 is 1.16 bits per heavy atom. The number of fused-ring (bicyclic) bond motifs is 2. The predicted octanol–water partition coefficient (Wildman–Crippen LogP) is 5.38. The molecule has 6 heteroatoms. The molecule has 2 aliphatic rings. The summed E-state index contributed by atoms with van der Waals surface area (Å²) in [7, 11) is 0. The second kappa shape index (κ2) is 8.62. The first-order chi connectivity index (χ1) is 14.7. The molecule has 4 rings (SSSR count). The van der Waals surface area contributed by atoms with Gasteiger partial charge in [-0.2, -0.15) is 0 Å². The highest BCUT2D eigenvalue weighted by Gasteiger charge is 2.29. The lowest BCUT2D eigenvalue weighted by atomic mass is 9.94. The summed E-state index contributed by atoms with van der Waals surface area (Å²) >= 11 is 6.43. The number of nitrogens with zero attached hydrogens (tertiary/aromatic N) is 2. The SMILES string of the molecule is Cc1c2c(cc3c1N(Cc1ccccc1Cl)CCO3)CCN(C(=O)OC(C)(C)C)CC2. The molecule has 31 heavy (non-hydrogen) atoms. The number of carbonyl (C=O) groups is 1. The highest BCUT2D eigenvalue weighted by Crippen LogP contribution is 2.40. The van der Waals surface area contributed by atoms with Crippen molar-refractivity contribution in [1.82, 2.24) is 4.90 Å². The van der Waals surface area contributed by atoms with Crippen molar-refractivity contribution in [3.8, 4) is 5.75 Å². The molecule has 0 atom stereocenters. The van der Waals surface area contributed by atoms with E-state index in [1.54, 1.807) is 0 Å². The Morgan fingerprint density at radius 3 is 2.65 bits per heavy atom. The summed E-state index contributed by atoms with van der Waals surface area (Å²) in [6, 6.07) is 10.2. The lowest BCUT2D eigenvalue weighted by Crippen LogP contribution is -2.38. The zero-order chi connectivity index (χ0) is 22.2. The van der Waals surface area contributed by atoms with Crippen LogP contribution < -0.4 is 9.64 Å². The standard InChI is InChI=1S/C25H31ClN2O3/c1-17-20-10-12-27(24(29)31-25(2,3)4)11-9-18(20)15-22-23(17)28(13-14-30-22)16-19-7-5-6-8-21(19)26/h5-8,15H,9-14,16H2,1-4H3. The first-order valence-electron chi connectivity index (χ1n) is 11.0. The quantitative estimate of drug-likeness (QED) is 0.625. The summed E-state index contributed by atoms with van der Waals surface area (Å²) in [5, 5.41) is 0.788. The van der Waals surface area contributed by atoms with Gasteiger partial charge in [-0.15, -0.1) is 0 Å². The minimum absolute atomic E-state index is 0.237. The van der Waals surface area contributed by atoms with E-state index in [-0.39, 0.29) is 6.09 Å². The van der Waals surface area contributed by atoms with Crippen LogP contribution in [0.5, 0.6) is 5.75 Å². The molecule has 0 bridgehead atoms. The van der Waals surface area contributed by atoms with Crippen LogP contribution in [0.1, 0.15) is 43.0 Å². The average molecular weight is 443 g/mol. The Kier molecular flexibility index (Phi) is 6.07. The molecule has 0 N–H and O–H groups in total. The maximum absolute atomic E-state index is 12.6. The highest BCUT2D eigenvalue weighted by atomic mass is 35.5. The summed E-state index contributed by atoms with van der Waals surface area (Å²) in [6.07, 6.45) is 1.38. The molecule has 2 heterocycles. The molecule has 2 aromatic rings. The maximum Gasteiger partial charge on any atom is 0.410 e. The van der Waals surface area contributed by atoms with Crippen molar-refractivity contribution in [1.29, 1.82) is 0 Å². The van der Waals surface area contributed by atoms with E-state index in [1.807, 2.05) is 43.9 Å². The van der Waals surface area contributed by atoms with Crippen LogP contribution in [-0.4, -0.2) is 42.8 Å². The molecule has 0 spiro atoms. The van der Waals surface area contributed by atoms with Gasteiger partial charge >= 0.3 is 6.09 Å². The van der Waals surface area contributed by atoms with Gasteiger partial charge in [0.2, 0.25) is 0 Å². The number of carbonyl (C=O) groups excluding carboxylic acids is 1. The molecule has 0 aromatic heterocycles. The molecule has 1 amide bonds. The van der Waals surface area contributed by atoms with Crippen LogP contribution in [0, 0.1) is 6.92 Å². The largest absolute Gasteiger partial charge is 0.490 e. The van der Waals surface area contributed by atoms with E-state index in [9.17, 15) is 4.79 Å². The van der Waals surface area contributed by atoms with E-state index in [1.165, 1.54) is 16.7 Å². The Bertz CT molecular complexity index is 983. The van der Waals surface area contributed by atoms with Gasteiger partial charge in [-0.25, -0.2) is 4.79 Å². The van der Waals surface area contributed by atoms with Gasteiger partial charge in [0.1, 0.15) is 18.0 Å². The monoisotopic (exact) mass is 442 g/mol. The number of amides is 1. The molecule has 0 aliphatic carbocycles. The number of anilines is 1. The van der Waals surface area contributed by atoms with E-state index in [0.29, 0.717) is 19.7 Å². The van der Waals surface area contributed by atoms with Gasteiger partial charge in [0.25, 0.3) is 0 Å². The van der Waals surface area contributed by atoms with E-state index in [2.05, 4.69) is 24.0 Å². The topological polar surface area (TPSA) is 42.0 Å². The van der Waals surface area contributed by atoms with Crippen LogP contribution >= 0.6 is 11.6 Å². The third kappa shape index (κ3) is 4.77. The first kappa shape index (κ1) is 21.8. The minimum Gasteiger partial charge on any atom is -0.490 e. The predicted molar refractivity (Wildman–Crippen MR) is 124 cm³/mol. The van der Waals surface area contributed by atoms with E-state index < -0.39 is 5.60 Å². The summed E-state index contributed by atoms with van der Waals surface area (Å²) in [6.45, 7) is 11.4. The average Bonchev–Trinajstić information content (AvgIpc) is 2.91. The van der Waals surface area contributed by atoms with Crippen LogP contribution in [-0.2, 0) is 24.1 Å². The second-order valence-corrected chi connectivity index (χ2v) is 9.72. The van der Waals surface area contributed by atoms with Gasteiger partial charge in [-0.1, -0.05) is 29.8 Å². The fraction of sp³-hybridized carbons (Fsp3) is 0.480. The minimum atomic E-state index is -0.488.